The van der Waals surface area contributed by atoms with Crippen LogP contribution in [0.2, 0.25) is 0 Å². The highest BCUT2D eigenvalue weighted by Crippen LogP contribution is 2.36. The molecule has 7 rings (SSSR count). The molecule has 5 nitrogen and oxygen atoms in total. The number of para-hydroxylation sites is 2. The van der Waals surface area contributed by atoms with Crippen molar-refractivity contribution in [2.45, 2.75) is 92.9 Å². The van der Waals surface area contributed by atoms with Gasteiger partial charge in [0, 0.05) is 17.0 Å². The van der Waals surface area contributed by atoms with E-state index in [1.807, 2.05) is 6.20 Å². The van der Waals surface area contributed by atoms with Gasteiger partial charge in [-0.15, -0.1) is 5.10 Å². The number of hydrogen-bond acceptors (Lipinski definition) is 2. The van der Waals surface area contributed by atoms with E-state index >= 15 is 0 Å². The Bertz CT molecular complexity index is 2210. The van der Waals surface area contributed by atoms with Crippen LogP contribution >= 0.6 is 0 Å². The number of hydrogen-bond donors (Lipinski definition) is 0. The van der Waals surface area contributed by atoms with Crippen molar-refractivity contribution >= 4 is 33.0 Å². The number of imidazole rings is 1. The van der Waals surface area contributed by atoms with Gasteiger partial charge in [-0.3, -0.25) is 9.13 Å². The van der Waals surface area contributed by atoms with E-state index < -0.39 is 0 Å². The molecule has 3 aromatic heterocycles. The van der Waals surface area contributed by atoms with Gasteiger partial charge in [0.2, 0.25) is 5.62 Å². The van der Waals surface area contributed by atoms with E-state index in [0.717, 1.165) is 27.8 Å². The fourth-order valence-corrected chi connectivity index (χ4v) is 7.52. The SMILES string of the molecule is Cc1ccc2c(c1)c1cc(C)ccc1n2/N=c1\n(-c2c(C(C)C)cccc2C(C)C)c2cccnc2n1-c1c(C(C)C)cccc1C(C)C. The monoisotopic (exact) mass is 647 g/mol. The standard InChI is InChI=1S/C44H49N5/c1-26(2)32-14-11-15-33(27(3)4)41(32)47-40-18-13-23-45-43(40)48(42-34(28(5)6)16-12-17-35(42)29(7)8)44(47)46-49-38-21-19-30(9)24-36(38)37-25-31(10)20-22-39(37)49/h11-29H,1-10H3/b46-44+. The van der Waals surface area contributed by atoms with Crippen LogP contribution in [-0.2, 0) is 0 Å². The van der Waals surface area contributed by atoms with Gasteiger partial charge in [0.15, 0.2) is 5.65 Å². The van der Waals surface area contributed by atoms with Crippen molar-refractivity contribution in [3.8, 4) is 11.4 Å². The second kappa shape index (κ2) is 12.5. The molecule has 0 aliphatic carbocycles. The summed E-state index contributed by atoms with van der Waals surface area (Å²) in [7, 11) is 0. The molecule has 0 saturated carbocycles. The molecule has 5 heteroatoms. The molecule has 3 heterocycles. The normalized spacial score (nSPS) is 12.7. The molecule has 4 aromatic carbocycles. The van der Waals surface area contributed by atoms with Gasteiger partial charge >= 0.3 is 0 Å². The lowest BCUT2D eigenvalue weighted by Crippen LogP contribution is -2.29. The first-order chi connectivity index (χ1) is 23.5. The molecule has 0 aliphatic rings. The van der Waals surface area contributed by atoms with Crippen LogP contribution in [0.1, 0.15) is 112 Å². The van der Waals surface area contributed by atoms with Gasteiger partial charge in [-0.05, 0) is 96.2 Å². The Hall–Kier alpha value is -4.90. The van der Waals surface area contributed by atoms with Gasteiger partial charge in [-0.2, -0.15) is 0 Å². The quantitative estimate of drug-likeness (QED) is 0.170. The lowest BCUT2D eigenvalue weighted by Gasteiger charge is -2.22. The van der Waals surface area contributed by atoms with Crippen LogP contribution in [0.25, 0.3) is 44.3 Å². The van der Waals surface area contributed by atoms with E-state index in [9.17, 15) is 0 Å². The first-order valence-corrected chi connectivity index (χ1v) is 17.9. The molecule has 0 fully saturated rings. The molecular weight excluding hydrogens is 599 g/mol. The molecule has 0 unspecified atom stereocenters. The maximum Gasteiger partial charge on any atom is 0.239 e. The Morgan fingerprint density at radius 2 is 0.959 bits per heavy atom. The van der Waals surface area contributed by atoms with E-state index in [2.05, 4.69) is 168 Å². The summed E-state index contributed by atoms with van der Waals surface area (Å²) in [5.41, 5.74) is 15.0. The van der Waals surface area contributed by atoms with E-state index in [4.69, 9.17) is 10.1 Å². The van der Waals surface area contributed by atoms with Gasteiger partial charge in [0.1, 0.15) is 0 Å². The predicted molar refractivity (Wildman–Crippen MR) is 207 cm³/mol. The molecule has 0 radical (unpaired) electrons. The summed E-state index contributed by atoms with van der Waals surface area (Å²) in [4.78, 5) is 5.16. The Balaban J connectivity index is 1.79. The van der Waals surface area contributed by atoms with E-state index in [1.54, 1.807) is 0 Å². The lowest BCUT2D eigenvalue weighted by molar-refractivity contribution is 0.737. The molecule has 0 aliphatic heterocycles. The highest BCUT2D eigenvalue weighted by Gasteiger charge is 2.26. The van der Waals surface area contributed by atoms with Crippen molar-refractivity contribution in [1.29, 1.82) is 0 Å². The van der Waals surface area contributed by atoms with E-state index in [0.29, 0.717) is 23.7 Å². The Morgan fingerprint density at radius 3 is 1.41 bits per heavy atom. The summed E-state index contributed by atoms with van der Waals surface area (Å²) < 4.78 is 6.94. The highest BCUT2D eigenvalue weighted by molar-refractivity contribution is 6.08. The predicted octanol–water partition coefficient (Wildman–Crippen LogP) is 11.4. The van der Waals surface area contributed by atoms with Crippen LogP contribution < -0.4 is 5.62 Å². The molecule has 0 N–H and O–H groups in total. The molecule has 0 saturated heterocycles. The number of pyridine rings is 1. The second-order valence-corrected chi connectivity index (χ2v) is 15.0. The van der Waals surface area contributed by atoms with Gasteiger partial charge in [0.05, 0.1) is 27.9 Å². The maximum absolute atomic E-state index is 5.81. The summed E-state index contributed by atoms with van der Waals surface area (Å²) in [5, 5.41) is 8.24. The van der Waals surface area contributed by atoms with Crippen molar-refractivity contribution in [2.75, 3.05) is 0 Å². The highest BCUT2D eigenvalue weighted by atomic mass is 15.4. The molecule has 0 spiro atoms. The Labute approximate surface area is 290 Å². The molecule has 0 amide bonds. The first-order valence-electron chi connectivity index (χ1n) is 17.9. The minimum Gasteiger partial charge on any atom is -0.275 e. The zero-order chi connectivity index (χ0) is 34.7. The average molecular weight is 648 g/mol. The number of fused-ring (bicyclic) bond motifs is 4. The number of aryl methyl sites for hydroxylation is 2. The number of nitrogens with zero attached hydrogens (tertiary/aromatic N) is 5. The van der Waals surface area contributed by atoms with Crippen molar-refractivity contribution in [1.82, 2.24) is 18.8 Å². The largest absolute Gasteiger partial charge is 0.275 e. The number of benzene rings is 4. The summed E-state index contributed by atoms with van der Waals surface area (Å²) in [6.45, 7) is 22.6. The topological polar surface area (TPSA) is 40.0 Å². The van der Waals surface area contributed by atoms with E-state index in [-0.39, 0.29) is 0 Å². The third kappa shape index (κ3) is 5.40. The lowest BCUT2D eigenvalue weighted by atomic mass is 9.92. The van der Waals surface area contributed by atoms with E-state index in [1.165, 1.54) is 55.5 Å². The second-order valence-electron chi connectivity index (χ2n) is 15.0. The Morgan fingerprint density at radius 1 is 0.510 bits per heavy atom. The average Bonchev–Trinajstić information content (AvgIpc) is 3.54. The van der Waals surface area contributed by atoms with Crippen molar-refractivity contribution in [2.24, 2.45) is 5.10 Å². The zero-order valence-corrected chi connectivity index (χ0v) is 30.7. The van der Waals surface area contributed by atoms with Crippen LogP contribution in [0.4, 0.5) is 0 Å². The third-order valence-electron chi connectivity index (χ3n) is 9.99. The van der Waals surface area contributed by atoms with Crippen LogP contribution in [0, 0.1) is 13.8 Å². The molecule has 0 atom stereocenters. The van der Waals surface area contributed by atoms with Crippen LogP contribution in [-0.4, -0.2) is 18.8 Å². The van der Waals surface area contributed by atoms with Crippen LogP contribution in [0.15, 0.2) is 96.2 Å². The van der Waals surface area contributed by atoms with Gasteiger partial charge in [-0.25, -0.2) is 9.66 Å². The number of rotatable bonds is 7. The third-order valence-corrected chi connectivity index (χ3v) is 9.99. The fourth-order valence-electron chi connectivity index (χ4n) is 7.52. The minimum atomic E-state index is 0.296. The summed E-state index contributed by atoms with van der Waals surface area (Å²) >= 11 is 0. The van der Waals surface area contributed by atoms with Gasteiger partial charge in [-0.1, -0.05) is 115 Å². The maximum atomic E-state index is 5.81. The molecular formula is C44H49N5. The Kier molecular flexibility index (Phi) is 8.34. The first kappa shape index (κ1) is 32.6. The smallest absolute Gasteiger partial charge is 0.239 e. The minimum absolute atomic E-state index is 0.296. The summed E-state index contributed by atoms with van der Waals surface area (Å²) in [6.07, 6.45) is 1.92. The molecule has 250 valence electrons. The summed E-state index contributed by atoms with van der Waals surface area (Å²) in [5.74, 6) is 1.20. The number of aromatic nitrogens is 4. The van der Waals surface area contributed by atoms with Gasteiger partial charge < -0.3 is 0 Å². The van der Waals surface area contributed by atoms with Crippen LogP contribution in [0.5, 0.6) is 0 Å². The van der Waals surface area contributed by atoms with Crippen molar-refractivity contribution in [3.63, 3.8) is 0 Å². The fraction of sp³-hybridized carbons (Fsp3) is 0.318. The zero-order valence-electron chi connectivity index (χ0n) is 30.7. The molecule has 7 aromatic rings. The summed E-state index contributed by atoms with van der Waals surface area (Å²) in [6, 6.07) is 31.3. The van der Waals surface area contributed by atoms with Gasteiger partial charge in [0.25, 0.3) is 0 Å². The van der Waals surface area contributed by atoms with Crippen molar-refractivity contribution < 1.29 is 0 Å². The van der Waals surface area contributed by atoms with Crippen molar-refractivity contribution in [3.05, 3.63) is 130 Å². The molecule has 49 heavy (non-hydrogen) atoms. The van der Waals surface area contributed by atoms with Crippen LogP contribution in [0.3, 0.4) is 0 Å². The molecule has 0 bridgehead atoms.